The largest absolute Gasteiger partial charge is 0.286 e. The molecular formula is C19H18N4OS. The lowest BCUT2D eigenvalue weighted by Crippen LogP contribution is -2.55. The van der Waals surface area contributed by atoms with Crippen LogP contribution in [0.3, 0.4) is 0 Å². The zero-order valence-corrected chi connectivity index (χ0v) is 14.8. The number of hydrogen-bond acceptors (Lipinski definition) is 5. The molecule has 0 N–H and O–H groups in total. The first-order valence-corrected chi connectivity index (χ1v) is 9.73. The molecule has 2 bridgehead atoms. The zero-order chi connectivity index (χ0) is 17.2. The maximum Gasteiger partial charge on any atom is 0.272 e. The van der Waals surface area contributed by atoms with Crippen LogP contribution in [0, 0.1) is 23.2 Å². The highest BCUT2D eigenvalue weighted by atomic mass is 32.2. The van der Waals surface area contributed by atoms with Crippen LogP contribution in [0.2, 0.25) is 0 Å². The lowest BCUT2D eigenvalue weighted by Gasteiger charge is -2.61. The number of aromatic nitrogens is 3. The molecule has 0 aromatic carbocycles. The Morgan fingerprint density at radius 2 is 2.16 bits per heavy atom. The summed E-state index contributed by atoms with van der Waals surface area (Å²) in [6.07, 6.45) is 5.56. The van der Waals surface area contributed by atoms with Crippen LogP contribution in [0.4, 0.5) is 0 Å². The van der Waals surface area contributed by atoms with Crippen LogP contribution in [-0.2, 0) is 12.0 Å². The molecule has 126 valence electrons. The van der Waals surface area contributed by atoms with Crippen molar-refractivity contribution in [1.82, 2.24) is 14.5 Å². The molecule has 1 unspecified atom stereocenters. The van der Waals surface area contributed by atoms with Gasteiger partial charge >= 0.3 is 0 Å². The highest BCUT2D eigenvalue weighted by Crippen LogP contribution is 2.64. The fraction of sp³-hybridized carbons (Fsp3) is 0.474. The van der Waals surface area contributed by atoms with Gasteiger partial charge in [0.1, 0.15) is 11.6 Å². The second-order valence-corrected chi connectivity index (χ2v) is 8.74. The molecule has 6 heteroatoms. The number of rotatable bonds is 2. The Bertz CT molecular complexity index is 956. The second kappa shape index (κ2) is 5.18. The Labute approximate surface area is 150 Å². The normalized spacial score (nSPS) is 29.1. The summed E-state index contributed by atoms with van der Waals surface area (Å²) in [5.74, 6) is 2.26. The summed E-state index contributed by atoms with van der Waals surface area (Å²) in [5.41, 5.74) is 2.58. The van der Waals surface area contributed by atoms with Crippen LogP contribution in [0.1, 0.15) is 37.4 Å². The van der Waals surface area contributed by atoms with Crippen LogP contribution in [0.5, 0.6) is 0 Å². The predicted octanol–water partition coefficient (Wildman–Crippen LogP) is 2.97. The molecule has 0 saturated heterocycles. The Hall–Kier alpha value is -2.13. The lowest BCUT2D eigenvalue weighted by molar-refractivity contribution is -0.0308. The highest BCUT2D eigenvalue weighted by Gasteiger charge is 2.58. The molecule has 3 heterocycles. The van der Waals surface area contributed by atoms with Gasteiger partial charge in [-0.05, 0) is 43.2 Å². The van der Waals surface area contributed by atoms with E-state index >= 15 is 0 Å². The van der Waals surface area contributed by atoms with Crippen molar-refractivity contribution in [3.63, 3.8) is 0 Å². The minimum absolute atomic E-state index is 0.124. The molecule has 1 aliphatic heterocycles. The average Bonchev–Trinajstić information content (AvgIpc) is 2.53. The van der Waals surface area contributed by atoms with Crippen molar-refractivity contribution in [2.75, 3.05) is 5.75 Å². The van der Waals surface area contributed by atoms with E-state index in [2.05, 4.69) is 29.0 Å². The number of nitriles is 1. The topological polar surface area (TPSA) is 71.6 Å². The third kappa shape index (κ3) is 2.12. The summed E-state index contributed by atoms with van der Waals surface area (Å²) in [7, 11) is 0. The molecule has 25 heavy (non-hydrogen) atoms. The molecule has 0 spiro atoms. The van der Waals surface area contributed by atoms with Gasteiger partial charge in [0.05, 0.1) is 5.69 Å². The summed E-state index contributed by atoms with van der Waals surface area (Å²) >= 11 is 1.59. The van der Waals surface area contributed by atoms with Crippen molar-refractivity contribution >= 4 is 11.8 Å². The summed E-state index contributed by atoms with van der Waals surface area (Å²) in [4.78, 5) is 22.0. The lowest BCUT2D eigenvalue weighted by atomic mass is 9.43. The molecule has 0 radical (unpaired) electrons. The number of pyridine rings is 1. The van der Waals surface area contributed by atoms with Gasteiger partial charge in [-0.15, -0.1) is 0 Å². The van der Waals surface area contributed by atoms with Gasteiger partial charge in [-0.25, -0.2) is 4.98 Å². The first-order valence-electron chi connectivity index (χ1n) is 8.74. The SMILES string of the molecule is CC1CSc2nc(-c3ccc(C45CC(C4)C5)nc3)c(C#N)c(=O)n2C1. The van der Waals surface area contributed by atoms with E-state index in [0.717, 1.165) is 22.9 Å². The van der Waals surface area contributed by atoms with E-state index < -0.39 is 0 Å². The first-order chi connectivity index (χ1) is 12.1. The van der Waals surface area contributed by atoms with Gasteiger partial charge in [-0.2, -0.15) is 5.26 Å². The number of hydrogen-bond donors (Lipinski definition) is 0. The Kier molecular flexibility index (Phi) is 3.14. The van der Waals surface area contributed by atoms with Crippen molar-refractivity contribution in [3.05, 3.63) is 39.9 Å². The minimum atomic E-state index is -0.231. The Morgan fingerprint density at radius 1 is 1.36 bits per heavy atom. The molecule has 0 amide bonds. The Balaban J connectivity index is 1.58. The van der Waals surface area contributed by atoms with Crippen LogP contribution in [0.15, 0.2) is 28.3 Å². The van der Waals surface area contributed by atoms with Gasteiger partial charge in [0.25, 0.3) is 5.56 Å². The van der Waals surface area contributed by atoms with Crippen LogP contribution in [-0.4, -0.2) is 20.3 Å². The van der Waals surface area contributed by atoms with Crippen LogP contribution in [0.25, 0.3) is 11.3 Å². The molecule has 3 aliphatic carbocycles. The van der Waals surface area contributed by atoms with Gasteiger partial charge in [0.15, 0.2) is 5.16 Å². The van der Waals surface area contributed by atoms with E-state index in [4.69, 9.17) is 0 Å². The van der Waals surface area contributed by atoms with Crippen molar-refractivity contribution in [2.45, 2.75) is 43.3 Å². The maximum absolute atomic E-state index is 12.7. The Morgan fingerprint density at radius 3 is 2.76 bits per heavy atom. The zero-order valence-electron chi connectivity index (χ0n) is 14.0. The van der Waals surface area contributed by atoms with Crippen molar-refractivity contribution < 1.29 is 0 Å². The predicted molar refractivity (Wildman–Crippen MR) is 95.4 cm³/mol. The third-order valence-electron chi connectivity index (χ3n) is 5.86. The van der Waals surface area contributed by atoms with Crippen molar-refractivity contribution in [1.29, 1.82) is 5.26 Å². The van der Waals surface area contributed by atoms with Gasteiger partial charge in [0, 0.05) is 35.2 Å². The molecule has 6 rings (SSSR count). The fourth-order valence-corrected chi connectivity index (χ4v) is 5.34. The van der Waals surface area contributed by atoms with E-state index in [0.29, 0.717) is 28.7 Å². The second-order valence-electron chi connectivity index (χ2n) is 7.75. The molecule has 3 saturated carbocycles. The maximum atomic E-state index is 12.7. The van der Waals surface area contributed by atoms with Gasteiger partial charge in [-0.3, -0.25) is 14.3 Å². The van der Waals surface area contributed by atoms with Gasteiger partial charge < -0.3 is 0 Å². The van der Waals surface area contributed by atoms with Crippen LogP contribution >= 0.6 is 11.8 Å². The summed E-state index contributed by atoms with van der Waals surface area (Å²) < 4.78 is 1.64. The highest BCUT2D eigenvalue weighted by molar-refractivity contribution is 7.99. The van der Waals surface area contributed by atoms with E-state index in [1.54, 1.807) is 22.5 Å². The van der Waals surface area contributed by atoms with E-state index in [1.807, 2.05) is 6.07 Å². The molecule has 1 atom stereocenters. The monoisotopic (exact) mass is 350 g/mol. The number of fused-ring (bicyclic) bond motifs is 1. The number of thioether (sulfide) groups is 1. The molecule has 2 aromatic rings. The smallest absolute Gasteiger partial charge is 0.272 e. The standard InChI is InChI=1S/C19H18N4OS/c1-11-9-23-17(24)14(7-20)16(22-18(23)25-10-11)13-2-3-15(21-8-13)19-4-12(5-19)6-19/h2-3,8,11-12H,4-6,9-10H2,1H3. The molecule has 2 aromatic heterocycles. The molecule has 3 fully saturated rings. The first kappa shape index (κ1) is 15.2. The quantitative estimate of drug-likeness (QED) is 0.779. The average molecular weight is 350 g/mol. The number of nitrogens with zero attached hydrogens (tertiary/aromatic N) is 4. The van der Waals surface area contributed by atoms with E-state index in [1.165, 1.54) is 19.3 Å². The fourth-order valence-electron chi connectivity index (χ4n) is 4.34. The van der Waals surface area contributed by atoms with E-state index in [-0.39, 0.29) is 11.1 Å². The van der Waals surface area contributed by atoms with Crippen LogP contribution < -0.4 is 5.56 Å². The van der Waals surface area contributed by atoms with E-state index in [9.17, 15) is 10.1 Å². The summed E-state index contributed by atoms with van der Waals surface area (Å²) in [6.45, 7) is 2.74. The summed E-state index contributed by atoms with van der Waals surface area (Å²) in [5, 5.41) is 10.2. The van der Waals surface area contributed by atoms with Crippen molar-refractivity contribution in [3.8, 4) is 17.3 Å². The third-order valence-corrected chi connectivity index (χ3v) is 7.16. The van der Waals surface area contributed by atoms with Gasteiger partial charge in [0.2, 0.25) is 0 Å². The molecule has 4 aliphatic rings. The van der Waals surface area contributed by atoms with Crippen molar-refractivity contribution in [2.24, 2.45) is 11.8 Å². The minimum Gasteiger partial charge on any atom is -0.286 e. The molecule has 5 nitrogen and oxygen atoms in total. The van der Waals surface area contributed by atoms with Gasteiger partial charge in [-0.1, -0.05) is 18.7 Å². The molecular weight excluding hydrogens is 332 g/mol. The summed E-state index contributed by atoms with van der Waals surface area (Å²) in [6, 6.07) is 6.10.